The molecule has 1 aromatic rings. The predicted molar refractivity (Wildman–Crippen MR) is 44.7 cm³/mol. The Morgan fingerprint density at radius 1 is 1.15 bits per heavy atom. The topological polar surface area (TPSA) is 34.1 Å². The average molecular weight is 247 g/mol. The van der Waals surface area contributed by atoms with E-state index in [0.717, 1.165) is 0 Å². The van der Waals surface area contributed by atoms with Gasteiger partial charge in [0.15, 0.2) is 5.82 Å². The molecule has 0 radical (unpaired) electrons. The Kier molecular flexibility index (Phi) is 2.79. The Morgan fingerprint density at radius 3 is 1.85 bits per heavy atom. The Bertz CT molecular complexity index is 421. The molecule has 0 atom stereocenters. The van der Waals surface area contributed by atoms with Gasteiger partial charge in [-0.3, -0.25) is 0 Å². The molecule has 2 nitrogen and oxygen atoms in total. The second-order valence-electron chi connectivity index (χ2n) is 2.14. The fraction of sp³-hybridized carbons (Fsp3) is 0. The number of hydrogen-bond acceptors (Lipinski definition) is 2. The van der Waals surface area contributed by atoms with Gasteiger partial charge in [-0.2, -0.15) is 8.42 Å². The third-order valence-electron chi connectivity index (χ3n) is 1.24. The molecule has 0 unspecified atom stereocenters. The summed E-state index contributed by atoms with van der Waals surface area (Å²) in [6, 6.07) is 1.30. The van der Waals surface area contributed by atoms with Crippen molar-refractivity contribution in [2.75, 3.05) is 0 Å². The van der Waals surface area contributed by atoms with Gasteiger partial charge in [-0.05, 0) is 12.1 Å². The van der Waals surface area contributed by atoms with Crippen molar-refractivity contribution in [2.24, 2.45) is 0 Å². The van der Waals surface area contributed by atoms with Gasteiger partial charge in [-0.15, -0.1) is 3.89 Å². The maximum absolute atomic E-state index is 12.7. The van der Waals surface area contributed by atoms with E-state index in [2.05, 4.69) is 0 Å². The van der Waals surface area contributed by atoms with E-state index in [-0.39, 0.29) is 0 Å². The standard InChI is InChI=1S/C6H2Cl2F2O2S/c7-4-1-3(13(10,11)12)2-5(8)6(4)9/h1-2H. The first kappa shape index (κ1) is 10.7. The lowest BCUT2D eigenvalue weighted by atomic mass is 10.3. The van der Waals surface area contributed by atoms with Gasteiger partial charge in [0.1, 0.15) is 4.90 Å². The van der Waals surface area contributed by atoms with E-state index in [1.165, 1.54) is 0 Å². The smallest absolute Gasteiger partial charge is 0.204 e. The number of halogens is 4. The summed E-state index contributed by atoms with van der Waals surface area (Å²) in [5, 5.41) is -1.08. The zero-order valence-corrected chi connectivity index (χ0v) is 8.22. The van der Waals surface area contributed by atoms with E-state index in [9.17, 15) is 16.7 Å². The Hall–Kier alpha value is -0.390. The van der Waals surface area contributed by atoms with E-state index in [1.54, 1.807) is 0 Å². The van der Waals surface area contributed by atoms with Crippen molar-refractivity contribution >= 4 is 33.4 Å². The van der Waals surface area contributed by atoms with Crippen LogP contribution in [0, 0.1) is 5.82 Å². The van der Waals surface area contributed by atoms with Crippen molar-refractivity contribution in [1.82, 2.24) is 0 Å². The largest absolute Gasteiger partial charge is 0.332 e. The summed E-state index contributed by atoms with van der Waals surface area (Å²) in [7, 11) is -4.90. The van der Waals surface area contributed by atoms with E-state index >= 15 is 0 Å². The molecule has 0 aliphatic carbocycles. The van der Waals surface area contributed by atoms with Gasteiger partial charge in [-0.1, -0.05) is 23.2 Å². The van der Waals surface area contributed by atoms with Crippen molar-refractivity contribution in [3.63, 3.8) is 0 Å². The van der Waals surface area contributed by atoms with Crippen LogP contribution in [0.3, 0.4) is 0 Å². The van der Waals surface area contributed by atoms with Crippen molar-refractivity contribution in [3.8, 4) is 0 Å². The molecule has 0 N–H and O–H groups in total. The molecule has 7 heteroatoms. The highest BCUT2D eigenvalue weighted by Crippen LogP contribution is 2.27. The molecule has 13 heavy (non-hydrogen) atoms. The Morgan fingerprint density at radius 2 is 1.54 bits per heavy atom. The third-order valence-corrected chi connectivity index (χ3v) is 2.59. The number of hydrogen-bond donors (Lipinski definition) is 0. The summed E-state index contributed by atoms with van der Waals surface area (Å²) >= 11 is 10.5. The molecule has 0 aliphatic rings. The lowest BCUT2D eigenvalue weighted by Gasteiger charge is -1.99. The van der Waals surface area contributed by atoms with Gasteiger partial charge in [0.2, 0.25) is 0 Å². The van der Waals surface area contributed by atoms with Crippen LogP contribution in [0.15, 0.2) is 17.0 Å². The molecule has 0 saturated carbocycles. The van der Waals surface area contributed by atoms with Crippen molar-refractivity contribution in [3.05, 3.63) is 28.0 Å². The SMILES string of the molecule is O=S(=O)(F)c1cc(Cl)c(F)c(Cl)c1. The molecule has 1 rings (SSSR count). The van der Waals surface area contributed by atoms with Crippen LogP contribution in [-0.4, -0.2) is 8.42 Å². The molecule has 0 bridgehead atoms. The lowest BCUT2D eigenvalue weighted by Crippen LogP contribution is -1.93. The van der Waals surface area contributed by atoms with Gasteiger partial charge in [-0.25, -0.2) is 4.39 Å². The van der Waals surface area contributed by atoms with Crippen LogP contribution in [0.1, 0.15) is 0 Å². The zero-order valence-electron chi connectivity index (χ0n) is 5.89. The molecule has 0 saturated heterocycles. The maximum atomic E-state index is 12.7. The first-order chi connectivity index (χ1) is 5.82. The molecular formula is C6H2Cl2F2O2S. The molecule has 0 heterocycles. The number of benzene rings is 1. The lowest BCUT2D eigenvalue weighted by molar-refractivity contribution is 0.551. The molecule has 1 aromatic carbocycles. The quantitative estimate of drug-likeness (QED) is 0.564. The van der Waals surface area contributed by atoms with Gasteiger partial charge in [0.05, 0.1) is 10.0 Å². The van der Waals surface area contributed by atoms with Crippen LogP contribution in [0.2, 0.25) is 10.0 Å². The van der Waals surface area contributed by atoms with Crippen molar-refractivity contribution in [1.29, 1.82) is 0 Å². The minimum atomic E-state index is -4.90. The van der Waals surface area contributed by atoms with Crippen LogP contribution in [0.5, 0.6) is 0 Å². The first-order valence-corrected chi connectivity index (χ1v) is 5.05. The first-order valence-electron chi connectivity index (χ1n) is 2.91. The molecule has 0 fully saturated rings. The summed E-state index contributed by atoms with van der Waals surface area (Å²) in [6.07, 6.45) is 0. The monoisotopic (exact) mass is 246 g/mol. The van der Waals surface area contributed by atoms with Crippen LogP contribution < -0.4 is 0 Å². The normalized spacial score (nSPS) is 11.7. The van der Waals surface area contributed by atoms with E-state index in [4.69, 9.17) is 23.2 Å². The zero-order chi connectivity index (χ0) is 10.2. The average Bonchev–Trinajstić information content (AvgIpc) is 1.97. The van der Waals surface area contributed by atoms with Crippen LogP contribution >= 0.6 is 23.2 Å². The fourth-order valence-corrected chi connectivity index (χ4v) is 1.81. The van der Waals surface area contributed by atoms with Crippen LogP contribution in [-0.2, 0) is 10.2 Å². The minimum Gasteiger partial charge on any atom is -0.204 e. The molecular weight excluding hydrogens is 245 g/mol. The summed E-state index contributed by atoms with van der Waals surface area (Å²) in [5.74, 6) is -0.976. The van der Waals surface area contributed by atoms with Gasteiger partial charge < -0.3 is 0 Å². The highest BCUT2D eigenvalue weighted by atomic mass is 35.5. The van der Waals surface area contributed by atoms with E-state index in [0.29, 0.717) is 12.1 Å². The van der Waals surface area contributed by atoms with Crippen molar-refractivity contribution in [2.45, 2.75) is 4.90 Å². The molecule has 0 aromatic heterocycles. The third kappa shape index (κ3) is 2.30. The van der Waals surface area contributed by atoms with Gasteiger partial charge >= 0.3 is 10.2 Å². The van der Waals surface area contributed by atoms with Crippen molar-refractivity contribution < 1.29 is 16.7 Å². The highest BCUT2D eigenvalue weighted by molar-refractivity contribution is 7.86. The summed E-state index contributed by atoms with van der Waals surface area (Å²) < 4.78 is 45.7. The molecule has 72 valence electrons. The van der Waals surface area contributed by atoms with Gasteiger partial charge in [0.25, 0.3) is 0 Å². The maximum Gasteiger partial charge on any atom is 0.332 e. The summed E-state index contributed by atoms with van der Waals surface area (Å²) in [5.41, 5.74) is 0. The molecule has 0 aliphatic heterocycles. The van der Waals surface area contributed by atoms with E-state index < -0.39 is 31.0 Å². The van der Waals surface area contributed by atoms with Crippen LogP contribution in [0.4, 0.5) is 8.28 Å². The summed E-state index contributed by atoms with van der Waals surface area (Å²) in [4.78, 5) is -0.760. The van der Waals surface area contributed by atoms with Gasteiger partial charge in [0, 0.05) is 0 Å². The fourth-order valence-electron chi connectivity index (χ4n) is 0.673. The Labute approximate surface area is 83.3 Å². The van der Waals surface area contributed by atoms with Crippen LogP contribution in [0.25, 0.3) is 0 Å². The summed E-state index contributed by atoms with van der Waals surface area (Å²) in [6.45, 7) is 0. The highest BCUT2D eigenvalue weighted by Gasteiger charge is 2.16. The molecule has 0 spiro atoms. The predicted octanol–water partition coefficient (Wildman–Crippen LogP) is 2.79. The minimum absolute atomic E-state index is 0.538. The Balaban J connectivity index is 3.47. The second-order valence-corrected chi connectivity index (χ2v) is 4.30. The molecule has 0 amide bonds. The van der Waals surface area contributed by atoms with E-state index in [1.807, 2.05) is 0 Å². The number of rotatable bonds is 1. The second kappa shape index (κ2) is 3.40.